The van der Waals surface area contributed by atoms with E-state index in [2.05, 4.69) is 23.5 Å². The number of sulfonamides is 1. The van der Waals surface area contributed by atoms with Crippen molar-refractivity contribution in [2.45, 2.75) is 31.2 Å². The van der Waals surface area contributed by atoms with E-state index < -0.39 is 10.0 Å². The molecule has 116 valence electrons. The van der Waals surface area contributed by atoms with Gasteiger partial charge in [0.2, 0.25) is 10.0 Å². The van der Waals surface area contributed by atoms with E-state index in [9.17, 15) is 8.42 Å². The molecule has 7 heteroatoms. The predicted octanol–water partition coefficient (Wildman–Crippen LogP) is 1.15. The SMILES string of the molecule is CCC(C)N(C)CCNS(=O)(=O)c1ccc(C#N)cc1N. The highest BCUT2D eigenvalue weighted by Gasteiger charge is 2.17. The summed E-state index contributed by atoms with van der Waals surface area (Å²) in [6, 6.07) is 6.48. The summed E-state index contributed by atoms with van der Waals surface area (Å²) in [4.78, 5) is 2.10. The van der Waals surface area contributed by atoms with Crippen molar-refractivity contribution in [1.29, 1.82) is 5.26 Å². The first-order chi connectivity index (χ1) is 9.81. The van der Waals surface area contributed by atoms with E-state index >= 15 is 0 Å². The fraction of sp³-hybridized carbons (Fsp3) is 0.500. The highest BCUT2D eigenvalue weighted by molar-refractivity contribution is 7.89. The third-order valence-corrected chi connectivity index (χ3v) is 5.06. The number of nitrogens with one attached hydrogen (secondary N) is 1. The molecule has 1 aromatic rings. The Morgan fingerprint density at radius 2 is 2.14 bits per heavy atom. The number of hydrogen-bond acceptors (Lipinski definition) is 5. The lowest BCUT2D eigenvalue weighted by molar-refractivity contribution is 0.256. The first-order valence-electron chi connectivity index (χ1n) is 6.81. The van der Waals surface area contributed by atoms with Gasteiger partial charge in [0, 0.05) is 19.1 Å². The number of nitrogens with two attached hydrogens (primary N) is 1. The fourth-order valence-electron chi connectivity index (χ4n) is 1.83. The van der Waals surface area contributed by atoms with Gasteiger partial charge in [-0.05, 0) is 38.6 Å². The number of likely N-dealkylation sites (N-methyl/N-ethyl adjacent to an activating group) is 1. The van der Waals surface area contributed by atoms with Crippen molar-refractivity contribution in [3.63, 3.8) is 0 Å². The molecule has 0 heterocycles. The summed E-state index contributed by atoms with van der Waals surface area (Å²) in [7, 11) is -1.70. The van der Waals surface area contributed by atoms with E-state index in [4.69, 9.17) is 11.0 Å². The second-order valence-electron chi connectivity index (χ2n) is 5.00. The highest BCUT2D eigenvalue weighted by atomic mass is 32.2. The monoisotopic (exact) mass is 310 g/mol. The van der Waals surface area contributed by atoms with Crippen LogP contribution in [0.15, 0.2) is 23.1 Å². The van der Waals surface area contributed by atoms with Crippen molar-refractivity contribution < 1.29 is 8.42 Å². The second kappa shape index (κ2) is 7.41. The Kier molecular flexibility index (Phi) is 6.15. The maximum absolute atomic E-state index is 12.2. The number of benzene rings is 1. The molecule has 0 saturated carbocycles. The molecule has 3 N–H and O–H groups in total. The molecular formula is C14H22N4O2S. The van der Waals surface area contributed by atoms with Gasteiger partial charge in [-0.3, -0.25) is 0 Å². The summed E-state index contributed by atoms with van der Waals surface area (Å²) in [5, 5.41) is 8.76. The standard InChI is InChI=1S/C14H22N4O2S/c1-4-11(2)18(3)8-7-17-21(19,20)14-6-5-12(10-15)9-13(14)16/h5-6,9,11,17H,4,7-8,16H2,1-3H3. The maximum Gasteiger partial charge on any atom is 0.242 e. The molecule has 0 aliphatic heterocycles. The number of hydrogen-bond donors (Lipinski definition) is 2. The Hall–Kier alpha value is -1.62. The van der Waals surface area contributed by atoms with Crippen LogP contribution in [-0.4, -0.2) is 39.5 Å². The van der Waals surface area contributed by atoms with Crippen LogP contribution in [-0.2, 0) is 10.0 Å². The van der Waals surface area contributed by atoms with Crippen LogP contribution in [0, 0.1) is 11.3 Å². The van der Waals surface area contributed by atoms with E-state index in [1.807, 2.05) is 13.1 Å². The quantitative estimate of drug-likeness (QED) is 0.736. The lowest BCUT2D eigenvalue weighted by Gasteiger charge is -2.23. The Bertz CT molecular complexity index is 622. The third-order valence-electron chi connectivity index (χ3n) is 3.53. The van der Waals surface area contributed by atoms with Gasteiger partial charge in [0.1, 0.15) is 4.90 Å². The molecular weight excluding hydrogens is 288 g/mol. The van der Waals surface area contributed by atoms with Gasteiger partial charge in [-0.2, -0.15) is 5.26 Å². The fourth-order valence-corrected chi connectivity index (χ4v) is 2.96. The minimum absolute atomic E-state index is 0.00712. The van der Waals surface area contributed by atoms with E-state index in [-0.39, 0.29) is 10.6 Å². The molecule has 0 saturated heterocycles. The van der Waals surface area contributed by atoms with Crippen LogP contribution in [0.1, 0.15) is 25.8 Å². The Labute approximate surface area is 126 Å². The molecule has 0 aliphatic rings. The third kappa shape index (κ3) is 4.70. The summed E-state index contributed by atoms with van der Waals surface area (Å²) >= 11 is 0. The molecule has 21 heavy (non-hydrogen) atoms. The molecule has 0 aliphatic carbocycles. The number of nitrogen functional groups attached to an aromatic ring is 1. The summed E-state index contributed by atoms with van der Waals surface area (Å²) in [6.07, 6.45) is 1.01. The molecule has 0 amide bonds. The summed E-state index contributed by atoms with van der Waals surface area (Å²) in [6.45, 7) is 5.10. The molecule has 0 radical (unpaired) electrons. The van der Waals surface area contributed by atoms with Crippen molar-refractivity contribution in [2.24, 2.45) is 0 Å². The largest absolute Gasteiger partial charge is 0.398 e. The predicted molar refractivity (Wildman–Crippen MR) is 83.1 cm³/mol. The van der Waals surface area contributed by atoms with Crippen LogP contribution in [0.4, 0.5) is 5.69 Å². The average Bonchev–Trinajstić information content (AvgIpc) is 2.45. The van der Waals surface area contributed by atoms with E-state index in [0.717, 1.165) is 6.42 Å². The van der Waals surface area contributed by atoms with Gasteiger partial charge in [0.25, 0.3) is 0 Å². The normalized spacial score (nSPS) is 13.1. The Balaban J connectivity index is 2.73. The van der Waals surface area contributed by atoms with Crippen molar-refractivity contribution in [3.8, 4) is 6.07 Å². The Morgan fingerprint density at radius 1 is 1.48 bits per heavy atom. The number of nitriles is 1. The first kappa shape index (κ1) is 17.4. The molecule has 1 aromatic carbocycles. The summed E-state index contributed by atoms with van der Waals surface area (Å²) in [5.41, 5.74) is 6.12. The van der Waals surface area contributed by atoms with E-state index in [1.165, 1.54) is 18.2 Å². The van der Waals surface area contributed by atoms with Crippen molar-refractivity contribution in [2.75, 3.05) is 25.9 Å². The average molecular weight is 310 g/mol. The molecule has 1 atom stereocenters. The molecule has 6 nitrogen and oxygen atoms in total. The minimum atomic E-state index is -3.66. The van der Waals surface area contributed by atoms with E-state index in [1.54, 1.807) is 0 Å². The number of anilines is 1. The number of nitrogens with zero attached hydrogens (tertiary/aromatic N) is 2. The topological polar surface area (TPSA) is 99.2 Å². The second-order valence-corrected chi connectivity index (χ2v) is 6.74. The smallest absolute Gasteiger partial charge is 0.242 e. The van der Waals surface area contributed by atoms with Gasteiger partial charge < -0.3 is 10.6 Å². The molecule has 0 bridgehead atoms. The van der Waals surface area contributed by atoms with Crippen LogP contribution < -0.4 is 10.5 Å². The molecule has 0 spiro atoms. The van der Waals surface area contributed by atoms with Crippen LogP contribution in [0.2, 0.25) is 0 Å². The lowest BCUT2D eigenvalue weighted by atomic mass is 10.2. The van der Waals surface area contributed by atoms with Crippen LogP contribution in [0.5, 0.6) is 0 Å². The van der Waals surface area contributed by atoms with Gasteiger partial charge in [-0.25, -0.2) is 13.1 Å². The van der Waals surface area contributed by atoms with Gasteiger partial charge in [0.05, 0.1) is 17.3 Å². The maximum atomic E-state index is 12.2. The van der Waals surface area contributed by atoms with Crippen molar-refractivity contribution in [1.82, 2.24) is 9.62 Å². The zero-order valence-electron chi connectivity index (χ0n) is 12.6. The van der Waals surface area contributed by atoms with Gasteiger partial charge in [-0.1, -0.05) is 6.92 Å². The number of rotatable bonds is 7. The van der Waals surface area contributed by atoms with Crippen molar-refractivity contribution >= 4 is 15.7 Å². The zero-order chi connectivity index (χ0) is 16.0. The summed E-state index contributed by atoms with van der Waals surface area (Å²) in [5.74, 6) is 0. The molecule has 1 unspecified atom stereocenters. The van der Waals surface area contributed by atoms with Crippen LogP contribution in [0.3, 0.4) is 0 Å². The highest BCUT2D eigenvalue weighted by Crippen LogP contribution is 2.19. The molecule has 0 fully saturated rings. The summed E-state index contributed by atoms with van der Waals surface area (Å²) < 4.78 is 26.9. The van der Waals surface area contributed by atoms with Gasteiger partial charge >= 0.3 is 0 Å². The lowest BCUT2D eigenvalue weighted by Crippen LogP contribution is -2.37. The molecule has 0 aromatic heterocycles. The Morgan fingerprint density at radius 3 is 2.67 bits per heavy atom. The van der Waals surface area contributed by atoms with E-state index in [0.29, 0.717) is 24.7 Å². The minimum Gasteiger partial charge on any atom is -0.398 e. The van der Waals surface area contributed by atoms with Gasteiger partial charge in [0.15, 0.2) is 0 Å². The van der Waals surface area contributed by atoms with Crippen molar-refractivity contribution in [3.05, 3.63) is 23.8 Å². The van der Waals surface area contributed by atoms with Gasteiger partial charge in [-0.15, -0.1) is 0 Å². The van der Waals surface area contributed by atoms with Crippen LogP contribution in [0.25, 0.3) is 0 Å². The zero-order valence-corrected chi connectivity index (χ0v) is 13.4. The van der Waals surface area contributed by atoms with Crippen LogP contribution >= 0.6 is 0 Å². The first-order valence-corrected chi connectivity index (χ1v) is 8.29. The molecule has 1 rings (SSSR count).